The van der Waals surface area contributed by atoms with Crippen molar-refractivity contribution >= 4 is 5.57 Å². The van der Waals surface area contributed by atoms with E-state index >= 15 is 0 Å². The van der Waals surface area contributed by atoms with E-state index in [1.807, 2.05) is 25.1 Å². The van der Waals surface area contributed by atoms with Crippen molar-refractivity contribution in [2.45, 2.75) is 13.3 Å². The van der Waals surface area contributed by atoms with Crippen molar-refractivity contribution in [3.05, 3.63) is 83.6 Å². The Kier molecular flexibility index (Phi) is 3.96. The predicted octanol–water partition coefficient (Wildman–Crippen LogP) is 4.49. The van der Waals surface area contributed by atoms with E-state index in [0.717, 1.165) is 6.42 Å². The Bertz CT molecular complexity index is 514. The van der Waals surface area contributed by atoms with Crippen molar-refractivity contribution in [3.63, 3.8) is 0 Å². The molecule has 0 radical (unpaired) electrons. The average Bonchev–Trinajstić information content (AvgIpc) is 2.40. The monoisotopic (exact) mass is 220 g/mol. The highest BCUT2D eigenvalue weighted by Crippen LogP contribution is 2.18. The summed E-state index contributed by atoms with van der Waals surface area (Å²) in [5.74, 6) is 0. The highest BCUT2D eigenvalue weighted by atomic mass is 14.0. The molecule has 0 heterocycles. The van der Waals surface area contributed by atoms with E-state index in [0.29, 0.717) is 0 Å². The first-order chi connectivity index (χ1) is 8.40. The number of hydrogen-bond donors (Lipinski definition) is 0. The van der Waals surface area contributed by atoms with Crippen molar-refractivity contribution < 1.29 is 0 Å². The molecule has 0 spiro atoms. The predicted molar refractivity (Wildman–Crippen MR) is 73.8 cm³/mol. The fraction of sp³-hybridized carbons (Fsp3) is 0.118. The van der Waals surface area contributed by atoms with Gasteiger partial charge >= 0.3 is 0 Å². The van der Waals surface area contributed by atoms with Gasteiger partial charge in [-0.2, -0.15) is 0 Å². The molecule has 0 aliphatic rings. The van der Waals surface area contributed by atoms with Crippen LogP contribution in [0.4, 0.5) is 0 Å². The highest BCUT2D eigenvalue weighted by Gasteiger charge is 2.01. The number of benzene rings is 2. The van der Waals surface area contributed by atoms with E-state index in [4.69, 9.17) is 0 Å². The third kappa shape index (κ3) is 3.21. The lowest BCUT2D eigenvalue weighted by Crippen LogP contribution is -1.89. The molecule has 0 bridgehead atoms. The van der Waals surface area contributed by atoms with E-state index in [2.05, 4.69) is 54.3 Å². The minimum Gasteiger partial charge on any atom is -0.121 e. The molecule has 0 unspecified atom stereocenters. The van der Waals surface area contributed by atoms with Crippen molar-refractivity contribution in [2.24, 2.45) is 0 Å². The van der Waals surface area contributed by atoms with E-state index in [1.54, 1.807) is 0 Å². The normalized spacial score (nSPS) is 9.47. The number of hydrogen-bond acceptors (Lipinski definition) is 0. The van der Waals surface area contributed by atoms with Gasteiger partial charge in [0, 0.05) is 12.0 Å². The lowest BCUT2D eigenvalue weighted by atomic mass is 9.99. The molecule has 0 nitrogen and oxygen atoms in total. The Hall–Kier alpha value is -2.04. The van der Waals surface area contributed by atoms with Crippen LogP contribution in [-0.4, -0.2) is 0 Å². The lowest BCUT2D eigenvalue weighted by molar-refractivity contribution is 1.28. The summed E-state index contributed by atoms with van der Waals surface area (Å²) in [6.45, 7) is 2.01. The molecule has 0 saturated carbocycles. The molecule has 2 aromatic carbocycles. The summed E-state index contributed by atoms with van der Waals surface area (Å²) >= 11 is 0. The van der Waals surface area contributed by atoms with Crippen LogP contribution in [0.1, 0.15) is 18.1 Å². The molecule has 0 aromatic heterocycles. The van der Waals surface area contributed by atoms with Crippen LogP contribution >= 0.6 is 0 Å². The van der Waals surface area contributed by atoms with Gasteiger partial charge in [-0.25, -0.2) is 0 Å². The Balaban J connectivity index is 2.30. The number of allylic oxidation sites excluding steroid dienone is 1. The zero-order valence-electron chi connectivity index (χ0n) is 10.1. The van der Waals surface area contributed by atoms with Crippen LogP contribution in [0, 0.1) is 0 Å². The molecule has 0 heteroatoms. The summed E-state index contributed by atoms with van der Waals surface area (Å²) in [6, 6.07) is 20.9. The van der Waals surface area contributed by atoms with Gasteiger partial charge in [0.2, 0.25) is 0 Å². The minimum absolute atomic E-state index is 0.926. The summed E-state index contributed by atoms with van der Waals surface area (Å²) in [5.41, 5.74) is 7.14. The lowest BCUT2D eigenvalue weighted by Gasteiger charge is -2.05. The molecule has 0 aliphatic carbocycles. The molecule has 84 valence electrons. The largest absolute Gasteiger partial charge is 0.121 e. The molecular weight excluding hydrogens is 204 g/mol. The van der Waals surface area contributed by atoms with E-state index in [1.165, 1.54) is 16.7 Å². The first kappa shape index (κ1) is 11.4. The summed E-state index contributed by atoms with van der Waals surface area (Å²) in [4.78, 5) is 0. The summed E-state index contributed by atoms with van der Waals surface area (Å²) in [5, 5.41) is 0. The molecule has 0 N–H and O–H groups in total. The van der Waals surface area contributed by atoms with Crippen molar-refractivity contribution in [3.8, 4) is 0 Å². The maximum Gasteiger partial charge on any atom is 0.00538 e. The summed E-state index contributed by atoms with van der Waals surface area (Å²) in [7, 11) is 0. The maximum absolute atomic E-state index is 3.34. The second kappa shape index (κ2) is 5.89. The van der Waals surface area contributed by atoms with Gasteiger partial charge in [0.1, 0.15) is 0 Å². The van der Waals surface area contributed by atoms with Gasteiger partial charge < -0.3 is 0 Å². The standard InChI is InChI=1S/C17H16/c1-2-9-17(16-12-7-4-8-13-16)14-15-10-5-3-6-11-15/h2-8,10-13H,14H2,1H3. The van der Waals surface area contributed by atoms with Gasteiger partial charge in [-0.1, -0.05) is 60.7 Å². The van der Waals surface area contributed by atoms with Crippen molar-refractivity contribution in [1.29, 1.82) is 0 Å². The minimum atomic E-state index is 0.926. The van der Waals surface area contributed by atoms with Crippen LogP contribution < -0.4 is 0 Å². The molecule has 2 aromatic rings. The van der Waals surface area contributed by atoms with E-state index < -0.39 is 0 Å². The molecule has 0 amide bonds. The van der Waals surface area contributed by atoms with E-state index in [-0.39, 0.29) is 0 Å². The maximum atomic E-state index is 3.34. The third-order valence-electron chi connectivity index (χ3n) is 2.66. The van der Waals surface area contributed by atoms with E-state index in [9.17, 15) is 0 Å². The zero-order valence-corrected chi connectivity index (χ0v) is 10.1. The van der Waals surface area contributed by atoms with Gasteiger partial charge in [-0.05, 0) is 24.1 Å². The molecule has 2 rings (SSSR count). The number of rotatable bonds is 3. The zero-order chi connectivity index (χ0) is 11.9. The van der Waals surface area contributed by atoms with Crippen LogP contribution in [0.25, 0.3) is 5.57 Å². The first-order valence-corrected chi connectivity index (χ1v) is 5.89. The van der Waals surface area contributed by atoms with Crippen LogP contribution in [-0.2, 0) is 6.42 Å². The molecule has 0 atom stereocenters. The van der Waals surface area contributed by atoms with Crippen molar-refractivity contribution in [2.75, 3.05) is 0 Å². The Morgan fingerprint density at radius 2 is 1.53 bits per heavy atom. The van der Waals surface area contributed by atoms with Crippen LogP contribution in [0.5, 0.6) is 0 Å². The summed E-state index contributed by atoms with van der Waals surface area (Å²) < 4.78 is 0. The average molecular weight is 220 g/mol. The Labute approximate surface area is 103 Å². The quantitative estimate of drug-likeness (QED) is 0.669. The van der Waals surface area contributed by atoms with Crippen LogP contribution in [0.3, 0.4) is 0 Å². The van der Waals surface area contributed by atoms with Gasteiger partial charge in [0.05, 0.1) is 0 Å². The SMILES string of the molecule is CC=C=C(Cc1ccccc1)c1ccccc1. The molecule has 0 fully saturated rings. The fourth-order valence-electron chi connectivity index (χ4n) is 1.85. The Morgan fingerprint density at radius 1 is 0.941 bits per heavy atom. The van der Waals surface area contributed by atoms with Gasteiger partial charge in [0.25, 0.3) is 0 Å². The Morgan fingerprint density at radius 3 is 2.12 bits per heavy atom. The second-order valence-corrected chi connectivity index (χ2v) is 3.94. The van der Waals surface area contributed by atoms with Gasteiger partial charge in [-0.15, -0.1) is 5.73 Å². The second-order valence-electron chi connectivity index (χ2n) is 3.94. The molecule has 17 heavy (non-hydrogen) atoms. The molecule has 0 saturated heterocycles. The molecule has 0 aliphatic heterocycles. The fourth-order valence-corrected chi connectivity index (χ4v) is 1.85. The van der Waals surface area contributed by atoms with Crippen molar-refractivity contribution in [1.82, 2.24) is 0 Å². The highest BCUT2D eigenvalue weighted by molar-refractivity contribution is 5.67. The van der Waals surface area contributed by atoms with Gasteiger partial charge in [0.15, 0.2) is 0 Å². The van der Waals surface area contributed by atoms with Gasteiger partial charge in [-0.3, -0.25) is 0 Å². The molecular formula is C17H16. The first-order valence-electron chi connectivity index (χ1n) is 5.89. The van der Waals surface area contributed by atoms with Crippen LogP contribution in [0.2, 0.25) is 0 Å². The van der Waals surface area contributed by atoms with Crippen LogP contribution in [0.15, 0.2) is 72.5 Å². The summed E-state index contributed by atoms with van der Waals surface area (Å²) in [6.07, 6.45) is 2.90. The topological polar surface area (TPSA) is 0 Å². The smallest absolute Gasteiger partial charge is 0.00538 e. The third-order valence-corrected chi connectivity index (χ3v) is 2.66.